The number of rotatable bonds is 5. The molecule has 0 aliphatic carbocycles. The Kier molecular flexibility index (Phi) is 5.48. The van der Waals surface area contributed by atoms with Crippen molar-refractivity contribution in [2.75, 3.05) is 0 Å². The average molecular weight is 497 g/mol. The van der Waals surface area contributed by atoms with Crippen LogP contribution in [-0.4, -0.2) is 24.3 Å². The van der Waals surface area contributed by atoms with E-state index in [0.717, 1.165) is 4.68 Å². The second-order valence-electron chi connectivity index (χ2n) is 5.98. The predicted octanol–water partition coefficient (Wildman–Crippen LogP) is 4.59. The molecule has 0 fully saturated rings. The largest absolute Gasteiger partial charge is 0.442 e. The minimum absolute atomic E-state index is 0.0311. The van der Waals surface area contributed by atoms with Crippen molar-refractivity contribution in [1.29, 1.82) is 0 Å². The molecule has 0 bridgehead atoms. The second-order valence-corrected chi connectivity index (χ2v) is 8.65. The first-order chi connectivity index (χ1) is 13.9. The van der Waals surface area contributed by atoms with Gasteiger partial charge in [-0.2, -0.15) is 9.78 Å². The molecule has 0 spiro atoms. The molecule has 0 aliphatic rings. The van der Waals surface area contributed by atoms with Gasteiger partial charge in [-0.15, -0.1) is 0 Å². The van der Waals surface area contributed by atoms with Gasteiger partial charge in [0, 0.05) is 17.3 Å². The van der Waals surface area contributed by atoms with E-state index in [1.807, 2.05) is 0 Å². The zero-order valence-corrected chi connectivity index (χ0v) is 18.0. The summed E-state index contributed by atoms with van der Waals surface area (Å²) in [4.78, 5) is 21.0. The maximum atomic E-state index is 14.6. The lowest BCUT2D eigenvalue weighted by Crippen LogP contribution is -2.24. The molecule has 3 aromatic heterocycles. The summed E-state index contributed by atoms with van der Waals surface area (Å²) in [5, 5.41) is 5.07. The molecule has 0 radical (unpaired) electrons. The van der Waals surface area contributed by atoms with E-state index in [1.165, 1.54) is 34.4 Å². The van der Waals surface area contributed by atoms with Crippen molar-refractivity contribution >= 4 is 38.9 Å². The van der Waals surface area contributed by atoms with Gasteiger partial charge in [0.2, 0.25) is 5.06 Å². The standard InChI is InChI=1S/C18H12BrClFN5O2S/c1-10-16(29-17(19)24-10)28-15-3-2-13(7-14(15)21)26-18(27)25(9-23-26)8-12-6-11(20)4-5-22-12/h2-7,9H,8H2,1H3. The molecule has 0 aliphatic heterocycles. The lowest BCUT2D eigenvalue weighted by molar-refractivity contribution is 0.448. The van der Waals surface area contributed by atoms with Crippen LogP contribution in [0.25, 0.3) is 5.69 Å². The van der Waals surface area contributed by atoms with E-state index < -0.39 is 11.5 Å². The molecule has 4 aromatic rings. The monoisotopic (exact) mass is 495 g/mol. The Morgan fingerprint density at radius 3 is 2.83 bits per heavy atom. The van der Waals surface area contributed by atoms with Gasteiger partial charge in [0.25, 0.3) is 0 Å². The van der Waals surface area contributed by atoms with Crippen molar-refractivity contribution in [2.45, 2.75) is 13.5 Å². The van der Waals surface area contributed by atoms with Crippen molar-refractivity contribution < 1.29 is 9.13 Å². The zero-order valence-electron chi connectivity index (χ0n) is 14.8. The van der Waals surface area contributed by atoms with Crippen LogP contribution in [0, 0.1) is 12.7 Å². The number of nitrogens with zero attached hydrogens (tertiary/aromatic N) is 5. The first-order valence-corrected chi connectivity index (χ1v) is 10.2. The first-order valence-electron chi connectivity index (χ1n) is 8.26. The summed E-state index contributed by atoms with van der Waals surface area (Å²) in [6, 6.07) is 7.51. The van der Waals surface area contributed by atoms with Crippen LogP contribution in [0.5, 0.6) is 10.8 Å². The summed E-state index contributed by atoms with van der Waals surface area (Å²) in [6.07, 6.45) is 2.93. The number of hydrogen-bond donors (Lipinski definition) is 0. The smallest absolute Gasteiger partial charge is 0.350 e. The first kappa shape index (κ1) is 19.7. The molecule has 29 heavy (non-hydrogen) atoms. The molecular weight excluding hydrogens is 485 g/mol. The number of aryl methyl sites for hydroxylation is 1. The maximum Gasteiger partial charge on any atom is 0.350 e. The summed E-state index contributed by atoms with van der Waals surface area (Å²) in [5.41, 5.74) is 1.11. The molecule has 0 amide bonds. The number of hydrogen-bond acceptors (Lipinski definition) is 6. The van der Waals surface area contributed by atoms with Gasteiger partial charge in [-0.1, -0.05) is 22.9 Å². The highest BCUT2D eigenvalue weighted by Gasteiger charge is 2.14. The van der Waals surface area contributed by atoms with Gasteiger partial charge < -0.3 is 4.74 Å². The Morgan fingerprint density at radius 1 is 1.31 bits per heavy atom. The molecule has 0 saturated carbocycles. The Morgan fingerprint density at radius 2 is 2.14 bits per heavy atom. The van der Waals surface area contributed by atoms with E-state index in [4.69, 9.17) is 16.3 Å². The van der Waals surface area contributed by atoms with Crippen LogP contribution < -0.4 is 10.4 Å². The number of aromatic nitrogens is 5. The Hall–Kier alpha value is -2.56. The predicted molar refractivity (Wildman–Crippen MR) is 111 cm³/mol. The normalized spacial score (nSPS) is 11.0. The van der Waals surface area contributed by atoms with Gasteiger partial charge in [-0.05, 0) is 47.1 Å². The third-order valence-corrected chi connectivity index (χ3v) is 5.66. The number of ether oxygens (including phenoxy) is 1. The van der Waals surface area contributed by atoms with Crippen LogP contribution in [0.2, 0.25) is 5.02 Å². The fourth-order valence-corrected chi connectivity index (χ4v) is 4.13. The summed E-state index contributed by atoms with van der Waals surface area (Å²) in [5.74, 6) is -0.590. The number of thiazole rings is 1. The number of pyridine rings is 1. The lowest BCUT2D eigenvalue weighted by Gasteiger charge is -2.07. The SMILES string of the molecule is Cc1nc(Br)sc1Oc1ccc(-n2ncn(Cc3cc(Cl)ccn3)c2=O)cc1F. The van der Waals surface area contributed by atoms with Gasteiger partial charge in [-0.3, -0.25) is 9.55 Å². The fraction of sp³-hybridized carbons (Fsp3) is 0.111. The van der Waals surface area contributed by atoms with Crippen molar-refractivity contribution in [3.63, 3.8) is 0 Å². The van der Waals surface area contributed by atoms with E-state index in [-0.39, 0.29) is 18.0 Å². The van der Waals surface area contributed by atoms with Crippen LogP contribution in [0.1, 0.15) is 11.4 Å². The molecule has 0 N–H and O–H groups in total. The van der Waals surface area contributed by atoms with Gasteiger partial charge in [0.05, 0.1) is 23.6 Å². The van der Waals surface area contributed by atoms with Crippen LogP contribution in [0.15, 0.2) is 51.6 Å². The molecule has 0 atom stereocenters. The molecule has 3 heterocycles. The summed E-state index contributed by atoms with van der Waals surface area (Å²) in [7, 11) is 0. The summed E-state index contributed by atoms with van der Waals surface area (Å²) < 4.78 is 23.3. The van der Waals surface area contributed by atoms with E-state index >= 15 is 0 Å². The quantitative estimate of drug-likeness (QED) is 0.404. The molecule has 4 rings (SSSR count). The van der Waals surface area contributed by atoms with Crippen molar-refractivity contribution in [2.24, 2.45) is 0 Å². The molecule has 0 saturated heterocycles. The van der Waals surface area contributed by atoms with Crippen molar-refractivity contribution in [1.82, 2.24) is 24.3 Å². The fourth-order valence-electron chi connectivity index (χ4n) is 2.58. The zero-order chi connectivity index (χ0) is 20.5. The highest BCUT2D eigenvalue weighted by molar-refractivity contribution is 9.11. The van der Waals surface area contributed by atoms with Crippen LogP contribution in [0.3, 0.4) is 0 Å². The average Bonchev–Trinajstić information content (AvgIpc) is 3.18. The minimum atomic E-state index is -0.621. The van der Waals surface area contributed by atoms with Gasteiger partial charge >= 0.3 is 5.69 Å². The topological polar surface area (TPSA) is 74.8 Å². The Bertz CT molecular complexity index is 1260. The van der Waals surface area contributed by atoms with Crippen LogP contribution in [-0.2, 0) is 6.54 Å². The number of halogens is 3. The van der Waals surface area contributed by atoms with Crippen LogP contribution in [0.4, 0.5) is 4.39 Å². The maximum absolute atomic E-state index is 14.6. The molecule has 1 aromatic carbocycles. The van der Waals surface area contributed by atoms with Gasteiger partial charge in [0.1, 0.15) is 6.33 Å². The highest BCUT2D eigenvalue weighted by atomic mass is 79.9. The lowest BCUT2D eigenvalue weighted by atomic mass is 10.3. The second kappa shape index (κ2) is 8.05. The minimum Gasteiger partial charge on any atom is -0.442 e. The van der Waals surface area contributed by atoms with Gasteiger partial charge in [-0.25, -0.2) is 14.2 Å². The van der Waals surface area contributed by atoms with Gasteiger partial charge in [0.15, 0.2) is 15.5 Å². The Balaban J connectivity index is 1.59. The van der Waals surface area contributed by atoms with E-state index in [0.29, 0.717) is 25.4 Å². The molecular formula is C18H12BrClFN5O2S. The highest BCUT2D eigenvalue weighted by Crippen LogP contribution is 2.35. The van der Waals surface area contributed by atoms with Crippen LogP contribution >= 0.6 is 38.9 Å². The van der Waals surface area contributed by atoms with E-state index in [9.17, 15) is 9.18 Å². The third-order valence-electron chi connectivity index (χ3n) is 3.93. The Labute approximate surface area is 181 Å². The van der Waals surface area contributed by atoms with E-state index in [1.54, 1.807) is 31.3 Å². The molecule has 148 valence electrons. The van der Waals surface area contributed by atoms with Crippen molar-refractivity contribution in [3.05, 3.63) is 79.5 Å². The summed E-state index contributed by atoms with van der Waals surface area (Å²) in [6.45, 7) is 1.96. The van der Waals surface area contributed by atoms with Crippen molar-refractivity contribution in [3.8, 4) is 16.5 Å². The molecule has 11 heteroatoms. The molecule has 0 unspecified atom stereocenters. The number of benzene rings is 1. The molecule has 7 nitrogen and oxygen atoms in total. The summed E-state index contributed by atoms with van der Waals surface area (Å²) >= 11 is 10.5. The van der Waals surface area contributed by atoms with E-state index in [2.05, 4.69) is 31.0 Å². The third kappa shape index (κ3) is 4.24.